The summed E-state index contributed by atoms with van der Waals surface area (Å²) in [6.45, 7) is 3.33. The lowest BCUT2D eigenvalue weighted by molar-refractivity contribution is 0.291. The largest absolute Gasteiger partial charge is 0.492 e. The Balaban J connectivity index is 1.84. The zero-order valence-corrected chi connectivity index (χ0v) is 9.26. The predicted octanol–water partition coefficient (Wildman–Crippen LogP) is 1.85. The Morgan fingerprint density at radius 2 is 2.31 bits per heavy atom. The number of nitrogens with zero attached hydrogens (tertiary/aromatic N) is 2. The maximum atomic E-state index is 5.60. The molecule has 0 bridgehead atoms. The number of aryl methyl sites for hydroxylation is 1. The number of benzene rings is 1. The van der Waals surface area contributed by atoms with Crippen molar-refractivity contribution >= 4 is 5.69 Å². The van der Waals surface area contributed by atoms with E-state index in [0.29, 0.717) is 18.8 Å². The topological polar surface area (TPSA) is 53.1 Å². The Morgan fingerprint density at radius 3 is 3.00 bits per heavy atom. The Bertz CT molecular complexity index is 465. The molecule has 0 radical (unpaired) electrons. The Kier molecular flexibility index (Phi) is 3.10. The van der Waals surface area contributed by atoms with Crippen molar-refractivity contribution in [2.24, 2.45) is 0 Å². The summed E-state index contributed by atoms with van der Waals surface area (Å²) in [5.74, 6) is 0.889. The molecule has 2 N–H and O–H groups in total. The van der Waals surface area contributed by atoms with Crippen molar-refractivity contribution < 1.29 is 4.74 Å². The molecule has 0 fully saturated rings. The van der Waals surface area contributed by atoms with Gasteiger partial charge in [0.25, 0.3) is 0 Å². The van der Waals surface area contributed by atoms with E-state index in [-0.39, 0.29) is 0 Å². The van der Waals surface area contributed by atoms with E-state index in [9.17, 15) is 0 Å². The van der Waals surface area contributed by atoms with Crippen molar-refractivity contribution in [2.45, 2.75) is 13.5 Å². The van der Waals surface area contributed by atoms with Crippen LogP contribution in [0, 0.1) is 6.92 Å². The van der Waals surface area contributed by atoms with Gasteiger partial charge >= 0.3 is 0 Å². The number of nitrogens with two attached hydrogens (primary N) is 1. The molecule has 1 aromatic carbocycles. The summed E-state index contributed by atoms with van der Waals surface area (Å²) in [5, 5.41) is 4.08. The van der Waals surface area contributed by atoms with Crippen LogP contribution in [-0.4, -0.2) is 16.4 Å². The molecule has 1 aromatic heterocycles. The maximum absolute atomic E-state index is 5.60. The normalized spacial score (nSPS) is 10.3. The van der Waals surface area contributed by atoms with E-state index in [1.54, 1.807) is 17.1 Å². The van der Waals surface area contributed by atoms with Gasteiger partial charge in [-0.2, -0.15) is 5.10 Å². The standard InChI is InChI=1S/C12H15N3O/c1-10-3-2-4-12(7-10)16-6-5-15-9-11(13)8-14-15/h2-4,7-9H,5-6,13H2,1H3. The first-order valence-corrected chi connectivity index (χ1v) is 5.21. The zero-order valence-electron chi connectivity index (χ0n) is 9.26. The molecule has 2 aromatic rings. The minimum atomic E-state index is 0.588. The van der Waals surface area contributed by atoms with Gasteiger partial charge in [-0.25, -0.2) is 0 Å². The SMILES string of the molecule is Cc1cccc(OCCn2cc(N)cn2)c1. The lowest BCUT2D eigenvalue weighted by Gasteiger charge is -2.06. The van der Waals surface area contributed by atoms with Gasteiger partial charge in [0.05, 0.1) is 18.4 Å². The van der Waals surface area contributed by atoms with Crippen molar-refractivity contribution in [3.8, 4) is 5.75 Å². The number of nitrogen functional groups attached to an aromatic ring is 1. The van der Waals surface area contributed by atoms with Gasteiger partial charge in [-0.05, 0) is 24.6 Å². The van der Waals surface area contributed by atoms with Crippen LogP contribution in [0.1, 0.15) is 5.56 Å². The second kappa shape index (κ2) is 4.70. The Hall–Kier alpha value is -1.97. The summed E-state index contributed by atoms with van der Waals surface area (Å²) < 4.78 is 7.37. The molecule has 0 spiro atoms. The van der Waals surface area contributed by atoms with Crippen molar-refractivity contribution in [1.82, 2.24) is 9.78 Å². The molecule has 0 aliphatic heterocycles. The van der Waals surface area contributed by atoms with Gasteiger partial charge in [-0.15, -0.1) is 0 Å². The summed E-state index contributed by atoms with van der Waals surface area (Å²) in [4.78, 5) is 0. The van der Waals surface area contributed by atoms with Crippen LogP contribution in [0.4, 0.5) is 5.69 Å². The van der Waals surface area contributed by atoms with Crippen LogP contribution in [0.25, 0.3) is 0 Å². The number of hydrogen-bond donors (Lipinski definition) is 1. The molecular weight excluding hydrogens is 202 g/mol. The van der Waals surface area contributed by atoms with E-state index >= 15 is 0 Å². The smallest absolute Gasteiger partial charge is 0.119 e. The number of aromatic nitrogens is 2. The highest BCUT2D eigenvalue weighted by molar-refractivity contribution is 5.30. The zero-order chi connectivity index (χ0) is 11.4. The molecule has 4 nitrogen and oxygen atoms in total. The number of hydrogen-bond acceptors (Lipinski definition) is 3. The lowest BCUT2D eigenvalue weighted by Crippen LogP contribution is -2.08. The summed E-state index contributed by atoms with van der Waals surface area (Å²) >= 11 is 0. The Labute approximate surface area is 94.6 Å². The minimum absolute atomic E-state index is 0.588. The van der Waals surface area contributed by atoms with E-state index < -0.39 is 0 Å². The van der Waals surface area contributed by atoms with Crippen molar-refractivity contribution in [1.29, 1.82) is 0 Å². The van der Waals surface area contributed by atoms with Gasteiger partial charge in [0, 0.05) is 6.20 Å². The number of ether oxygens (including phenoxy) is 1. The van der Waals surface area contributed by atoms with Gasteiger partial charge in [-0.1, -0.05) is 12.1 Å². The second-order valence-corrected chi connectivity index (χ2v) is 3.70. The van der Waals surface area contributed by atoms with Gasteiger partial charge in [0.15, 0.2) is 0 Å². The highest BCUT2D eigenvalue weighted by atomic mass is 16.5. The fourth-order valence-corrected chi connectivity index (χ4v) is 1.46. The quantitative estimate of drug-likeness (QED) is 0.850. The average molecular weight is 217 g/mol. The number of rotatable bonds is 4. The highest BCUT2D eigenvalue weighted by Crippen LogP contribution is 2.12. The van der Waals surface area contributed by atoms with Crippen molar-refractivity contribution in [3.63, 3.8) is 0 Å². The van der Waals surface area contributed by atoms with Crippen LogP contribution in [0.2, 0.25) is 0 Å². The third-order valence-electron chi connectivity index (χ3n) is 2.23. The molecule has 0 aliphatic carbocycles. The van der Waals surface area contributed by atoms with Gasteiger partial charge in [0.1, 0.15) is 12.4 Å². The molecular formula is C12H15N3O. The first-order chi connectivity index (χ1) is 7.74. The van der Waals surface area contributed by atoms with Crippen LogP contribution in [-0.2, 0) is 6.54 Å². The van der Waals surface area contributed by atoms with Crippen LogP contribution in [0.3, 0.4) is 0 Å². The minimum Gasteiger partial charge on any atom is -0.492 e. The first-order valence-electron chi connectivity index (χ1n) is 5.21. The summed E-state index contributed by atoms with van der Waals surface area (Å²) in [7, 11) is 0. The third kappa shape index (κ3) is 2.76. The van der Waals surface area contributed by atoms with Gasteiger partial charge in [-0.3, -0.25) is 4.68 Å². The van der Waals surface area contributed by atoms with E-state index in [2.05, 4.69) is 5.10 Å². The van der Waals surface area contributed by atoms with Crippen LogP contribution in [0.15, 0.2) is 36.7 Å². The van der Waals surface area contributed by atoms with Crippen molar-refractivity contribution in [3.05, 3.63) is 42.2 Å². The van der Waals surface area contributed by atoms with Crippen LogP contribution in [0.5, 0.6) is 5.75 Å². The van der Waals surface area contributed by atoms with E-state index in [1.807, 2.05) is 31.2 Å². The monoisotopic (exact) mass is 217 g/mol. The molecule has 16 heavy (non-hydrogen) atoms. The molecule has 84 valence electrons. The summed E-state index contributed by atoms with van der Waals surface area (Å²) in [6.07, 6.45) is 3.42. The third-order valence-corrected chi connectivity index (χ3v) is 2.23. The lowest BCUT2D eigenvalue weighted by atomic mass is 10.2. The number of anilines is 1. The highest BCUT2D eigenvalue weighted by Gasteiger charge is 1.96. The fourth-order valence-electron chi connectivity index (χ4n) is 1.46. The Morgan fingerprint density at radius 1 is 1.44 bits per heavy atom. The molecule has 0 unspecified atom stereocenters. The second-order valence-electron chi connectivity index (χ2n) is 3.70. The van der Waals surface area contributed by atoms with Gasteiger partial charge < -0.3 is 10.5 Å². The van der Waals surface area contributed by atoms with E-state index in [4.69, 9.17) is 10.5 Å². The molecule has 2 rings (SSSR count). The summed E-state index contributed by atoms with van der Waals surface area (Å²) in [5.41, 5.74) is 7.43. The molecule has 4 heteroatoms. The molecule has 0 saturated carbocycles. The average Bonchev–Trinajstić information content (AvgIpc) is 2.64. The summed E-state index contributed by atoms with van der Waals surface area (Å²) in [6, 6.07) is 7.99. The molecule has 0 saturated heterocycles. The van der Waals surface area contributed by atoms with Crippen LogP contribution < -0.4 is 10.5 Å². The first kappa shape index (κ1) is 10.5. The molecule has 0 atom stereocenters. The predicted molar refractivity (Wildman–Crippen MR) is 63.3 cm³/mol. The molecule has 1 heterocycles. The van der Waals surface area contributed by atoms with Crippen LogP contribution >= 0.6 is 0 Å². The fraction of sp³-hybridized carbons (Fsp3) is 0.250. The van der Waals surface area contributed by atoms with E-state index in [1.165, 1.54) is 5.56 Å². The van der Waals surface area contributed by atoms with Crippen molar-refractivity contribution in [2.75, 3.05) is 12.3 Å². The van der Waals surface area contributed by atoms with E-state index in [0.717, 1.165) is 5.75 Å². The maximum Gasteiger partial charge on any atom is 0.119 e. The molecule has 0 amide bonds. The van der Waals surface area contributed by atoms with Gasteiger partial charge in [0.2, 0.25) is 0 Å². The molecule has 0 aliphatic rings.